The molecular weight excluding hydrogens is 292 g/mol. The minimum Gasteiger partial charge on any atom is -0.489 e. The van der Waals surface area contributed by atoms with Crippen LogP contribution in [0.2, 0.25) is 0 Å². The molecule has 1 unspecified atom stereocenters. The molecule has 7 heteroatoms. The van der Waals surface area contributed by atoms with Crippen LogP contribution in [-0.4, -0.2) is 45.4 Å². The first-order chi connectivity index (χ1) is 10.7. The van der Waals surface area contributed by atoms with Crippen molar-refractivity contribution in [2.24, 2.45) is 4.99 Å². The van der Waals surface area contributed by atoms with E-state index in [4.69, 9.17) is 9.47 Å². The first-order valence-electron chi connectivity index (χ1n) is 7.33. The second-order valence-corrected chi connectivity index (χ2v) is 4.94. The maximum Gasteiger partial charge on any atom is 0.191 e. The van der Waals surface area contributed by atoms with Gasteiger partial charge in [-0.1, -0.05) is 0 Å². The molecule has 0 bridgehead atoms. The van der Waals surface area contributed by atoms with Crippen LogP contribution in [0.3, 0.4) is 0 Å². The molecule has 1 aromatic carbocycles. The van der Waals surface area contributed by atoms with Crippen LogP contribution in [0.15, 0.2) is 23.2 Å². The zero-order valence-corrected chi connectivity index (χ0v) is 12.6. The summed E-state index contributed by atoms with van der Waals surface area (Å²) in [7, 11) is 1.67. The Kier molecular flexibility index (Phi) is 6.39. The van der Waals surface area contributed by atoms with Crippen LogP contribution in [0, 0.1) is 11.6 Å². The number of nitrogens with one attached hydrogen (secondary N) is 2. The highest BCUT2D eigenvalue weighted by Crippen LogP contribution is 2.17. The Hall–Kier alpha value is -1.89. The first kappa shape index (κ1) is 16.5. The molecule has 1 aliphatic rings. The number of ether oxygens (including phenoxy) is 2. The summed E-state index contributed by atoms with van der Waals surface area (Å²) in [4.78, 5) is 4.08. The van der Waals surface area contributed by atoms with Gasteiger partial charge >= 0.3 is 0 Å². The molecular formula is C15H21F2N3O2. The maximum atomic E-state index is 13.4. The van der Waals surface area contributed by atoms with E-state index in [0.717, 1.165) is 31.6 Å². The van der Waals surface area contributed by atoms with Crippen LogP contribution in [0.5, 0.6) is 5.75 Å². The number of halogens is 2. The molecule has 5 nitrogen and oxygen atoms in total. The van der Waals surface area contributed by atoms with Gasteiger partial charge < -0.3 is 20.1 Å². The SMILES string of the molecule is CN=C(NCCOc1ccc(F)cc1F)NCC1CCCO1. The van der Waals surface area contributed by atoms with Gasteiger partial charge in [-0.15, -0.1) is 0 Å². The van der Waals surface area contributed by atoms with Gasteiger partial charge in [-0.05, 0) is 25.0 Å². The third kappa shape index (κ3) is 5.14. The molecule has 0 spiro atoms. The number of hydrogen-bond donors (Lipinski definition) is 2. The zero-order chi connectivity index (χ0) is 15.8. The summed E-state index contributed by atoms with van der Waals surface area (Å²) in [5.74, 6) is -0.660. The minimum atomic E-state index is -0.708. The van der Waals surface area contributed by atoms with Crippen molar-refractivity contribution in [3.63, 3.8) is 0 Å². The molecule has 1 aromatic rings. The second-order valence-electron chi connectivity index (χ2n) is 4.94. The molecule has 2 rings (SSSR count). The molecule has 0 saturated carbocycles. The zero-order valence-electron chi connectivity index (χ0n) is 12.6. The van der Waals surface area contributed by atoms with E-state index in [2.05, 4.69) is 15.6 Å². The van der Waals surface area contributed by atoms with Crippen molar-refractivity contribution < 1.29 is 18.3 Å². The number of hydrogen-bond acceptors (Lipinski definition) is 3. The van der Waals surface area contributed by atoms with Crippen molar-refractivity contribution in [2.45, 2.75) is 18.9 Å². The van der Waals surface area contributed by atoms with E-state index in [1.54, 1.807) is 7.05 Å². The smallest absolute Gasteiger partial charge is 0.191 e. The van der Waals surface area contributed by atoms with E-state index < -0.39 is 11.6 Å². The van der Waals surface area contributed by atoms with Gasteiger partial charge in [-0.25, -0.2) is 8.78 Å². The van der Waals surface area contributed by atoms with Crippen molar-refractivity contribution in [3.05, 3.63) is 29.8 Å². The van der Waals surface area contributed by atoms with E-state index in [-0.39, 0.29) is 18.5 Å². The summed E-state index contributed by atoms with van der Waals surface area (Å²) in [6, 6.07) is 3.23. The minimum absolute atomic E-state index is 0.0329. The molecule has 22 heavy (non-hydrogen) atoms. The fourth-order valence-corrected chi connectivity index (χ4v) is 2.16. The number of aliphatic imine (C=N–C) groups is 1. The van der Waals surface area contributed by atoms with Gasteiger partial charge in [-0.2, -0.15) is 0 Å². The Balaban J connectivity index is 1.65. The van der Waals surface area contributed by atoms with E-state index in [1.165, 1.54) is 6.07 Å². The Morgan fingerprint density at radius 2 is 2.27 bits per heavy atom. The summed E-state index contributed by atoms with van der Waals surface area (Å²) in [6.45, 7) is 2.20. The lowest BCUT2D eigenvalue weighted by Crippen LogP contribution is -2.42. The van der Waals surface area contributed by atoms with Gasteiger partial charge in [0.05, 0.1) is 12.6 Å². The lowest BCUT2D eigenvalue weighted by atomic mass is 10.2. The van der Waals surface area contributed by atoms with Crippen LogP contribution in [0.1, 0.15) is 12.8 Å². The average molecular weight is 313 g/mol. The summed E-state index contributed by atoms with van der Waals surface area (Å²) >= 11 is 0. The molecule has 2 N–H and O–H groups in total. The third-order valence-corrected chi connectivity index (χ3v) is 3.29. The van der Waals surface area contributed by atoms with Gasteiger partial charge in [0.2, 0.25) is 0 Å². The quantitative estimate of drug-likeness (QED) is 0.477. The standard InChI is InChI=1S/C15H21F2N3O2/c1-18-15(20-10-12-3-2-7-21-12)19-6-8-22-14-5-4-11(16)9-13(14)17/h4-5,9,12H,2-3,6-8,10H2,1H3,(H2,18,19,20). The largest absolute Gasteiger partial charge is 0.489 e. The van der Waals surface area contributed by atoms with E-state index in [9.17, 15) is 8.78 Å². The van der Waals surface area contributed by atoms with Crippen molar-refractivity contribution in [3.8, 4) is 5.75 Å². The van der Waals surface area contributed by atoms with Gasteiger partial charge in [0, 0.05) is 26.3 Å². The first-order valence-corrected chi connectivity index (χ1v) is 7.33. The molecule has 1 saturated heterocycles. The van der Waals surface area contributed by atoms with Gasteiger partial charge in [-0.3, -0.25) is 4.99 Å². The Labute approximate surface area is 128 Å². The third-order valence-electron chi connectivity index (χ3n) is 3.29. The predicted molar refractivity (Wildman–Crippen MR) is 80.2 cm³/mol. The molecule has 1 heterocycles. The molecule has 1 atom stereocenters. The fourth-order valence-electron chi connectivity index (χ4n) is 2.16. The molecule has 122 valence electrons. The number of benzene rings is 1. The number of nitrogens with zero attached hydrogens (tertiary/aromatic N) is 1. The van der Waals surface area contributed by atoms with Crippen LogP contribution >= 0.6 is 0 Å². The molecule has 0 aromatic heterocycles. The number of guanidine groups is 1. The summed E-state index contributed by atoms with van der Waals surface area (Å²) in [5.41, 5.74) is 0. The fraction of sp³-hybridized carbons (Fsp3) is 0.533. The van der Waals surface area contributed by atoms with Gasteiger partial charge in [0.25, 0.3) is 0 Å². The molecule has 0 amide bonds. The number of rotatable bonds is 6. The Morgan fingerprint density at radius 1 is 1.41 bits per heavy atom. The van der Waals surface area contributed by atoms with Crippen molar-refractivity contribution in [1.82, 2.24) is 10.6 Å². The monoisotopic (exact) mass is 313 g/mol. The van der Waals surface area contributed by atoms with Crippen molar-refractivity contribution in [1.29, 1.82) is 0 Å². The van der Waals surface area contributed by atoms with Gasteiger partial charge in [0.15, 0.2) is 17.5 Å². The van der Waals surface area contributed by atoms with Crippen molar-refractivity contribution >= 4 is 5.96 Å². The Morgan fingerprint density at radius 3 is 2.95 bits per heavy atom. The normalized spacial score (nSPS) is 18.3. The average Bonchev–Trinajstić information content (AvgIpc) is 3.01. The highest BCUT2D eigenvalue weighted by atomic mass is 19.1. The molecule has 1 fully saturated rings. The molecule has 1 aliphatic heterocycles. The van der Waals surface area contributed by atoms with E-state index in [1.807, 2.05) is 0 Å². The van der Waals surface area contributed by atoms with E-state index >= 15 is 0 Å². The van der Waals surface area contributed by atoms with Crippen LogP contribution in [0.25, 0.3) is 0 Å². The highest BCUT2D eigenvalue weighted by Gasteiger charge is 2.15. The second kappa shape index (κ2) is 8.53. The van der Waals surface area contributed by atoms with Crippen molar-refractivity contribution in [2.75, 3.05) is 33.4 Å². The topological polar surface area (TPSA) is 54.9 Å². The van der Waals surface area contributed by atoms with Gasteiger partial charge in [0.1, 0.15) is 12.4 Å². The predicted octanol–water partition coefficient (Wildman–Crippen LogP) is 1.69. The Bertz CT molecular complexity index is 506. The summed E-state index contributed by atoms with van der Waals surface area (Å²) in [5, 5.41) is 6.22. The molecule has 0 aliphatic carbocycles. The molecule has 0 radical (unpaired) electrons. The maximum absolute atomic E-state index is 13.4. The lowest BCUT2D eigenvalue weighted by Gasteiger charge is -2.15. The summed E-state index contributed by atoms with van der Waals surface area (Å²) in [6.07, 6.45) is 2.37. The van der Waals surface area contributed by atoms with Crippen LogP contribution in [-0.2, 0) is 4.74 Å². The van der Waals surface area contributed by atoms with E-state index in [0.29, 0.717) is 19.0 Å². The van der Waals surface area contributed by atoms with Crippen LogP contribution in [0.4, 0.5) is 8.78 Å². The van der Waals surface area contributed by atoms with Crippen LogP contribution < -0.4 is 15.4 Å². The highest BCUT2D eigenvalue weighted by molar-refractivity contribution is 5.79. The lowest BCUT2D eigenvalue weighted by molar-refractivity contribution is 0.114. The summed E-state index contributed by atoms with van der Waals surface area (Å²) < 4.78 is 36.9.